The third-order valence-corrected chi connectivity index (χ3v) is 4.03. The van der Waals surface area contributed by atoms with Gasteiger partial charge in [0.15, 0.2) is 0 Å². The van der Waals surface area contributed by atoms with E-state index < -0.39 is 0 Å². The Balaban J connectivity index is 2.13. The van der Waals surface area contributed by atoms with E-state index in [1.807, 2.05) is 26.0 Å². The van der Waals surface area contributed by atoms with Gasteiger partial charge in [-0.1, -0.05) is 6.07 Å². The molecule has 2 rings (SSSR count). The minimum absolute atomic E-state index is 0.220. The number of piperidine rings is 1. The van der Waals surface area contributed by atoms with Gasteiger partial charge in [0.05, 0.1) is 19.3 Å². The molecule has 0 bridgehead atoms. The Morgan fingerprint density at radius 1 is 1.24 bits per heavy atom. The Labute approximate surface area is 127 Å². The Hall–Kier alpha value is -1.26. The van der Waals surface area contributed by atoms with Crippen LogP contribution in [0.1, 0.15) is 25.8 Å². The highest BCUT2D eigenvalue weighted by molar-refractivity contribution is 5.41. The first-order valence-electron chi connectivity index (χ1n) is 7.89. The number of aliphatic hydroxyl groups excluding tert-OH is 1. The normalized spacial score (nSPS) is 23.0. The van der Waals surface area contributed by atoms with Crippen molar-refractivity contribution in [1.82, 2.24) is 4.90 Å². The summed E-state index contributed by atoms with van der Waals surface area (Å²) in [6, 6.07) is 6.01. The molecule has 0 radical (unpaired) electrons. The summed E-state index contributed by atoms with van der Waals surface area (Å²) < 4.78 is 11.3. The molecule has 1 aromatic carbocycles. The molecule has 1 aromatic rings. The second-order valence-electron chi connectivity index (χ2n) is 5.72. The van der Waals surface area contributed by atoms with Crippen LogP contribution in [-0.4, -0.2) is 49.5 Å². The summed E-state index contributed by atoms with van der Waals surface area (Å²) >= 11 is 0. The van der Waals surface area contributed by atoms with Crippen molar-refractivity contribution in [1.29, 1.82) is 0 Å². The quantitative estimate of drug-likeness (QED) is 0.874. The van der Waals surface area contributed by atoms with Crippen molar-refractivity contribution in [2.24, 2.45) is 5.92 Å². The van der Waals surface area contributed by atoms with E-state index in [1.54, 1.807) is 0 Å². The number of nitrogens with zero attached hydrogens (tertiary/aromatic N) is 1. The van der Waals surface area contributed by atoms with E-state index in [2.05, 4.69) is 18.0 Å². The predicted molar refractivity (Wildman–Crippen MR) is 84.1 cm³/mol. The fourth-order valence-electron chi connectivity index (χ4n) is 2.93. The third kappa shape index (κ3) is 4.35. The molecule has 4 heteroatoms. The zero-order valence-electron chi connectivity index (χ0n) is 13.3. The Morgan fingerprint density at radius 2 is 2.00 bits per heavy atom. The van der Waals surface area contributed by atoms with E-state index in [0.717, 1.165) is 43.0 Å². The molecule has 1 heterocycles. The van der Waals surface area contributed by atoms with Crippen molar-refractivity contribution in [3.63, 3.8) is 0 Å². The van der Waals surface area contributed by atoms with Crippen molar-refractivity contribution in [2.45, 2.75) is 32.8 Å². The van der Waals surface area contributed by atoms with Gasteiger partial charge in [0.1, 0.15) is 11.5 Å². The van der Waals surface area contributed by atoms with Gasteiger partial charge < -0.3 is 19.5 Å². The van der Waals surface area contributed by atoms with Crippen LogP contribution in [0.2, 0.25) is 0 Å². The first kappa shape index (κ1) is 16.1. The highest BCUT2D eigenvalue weighted by Crippen LogP contribution is 2.29. The Bertz CT molecular complexity index is 450. The SMILES string of the molecule is CCOc1ccc(CC2CN(C)CCC2O)c(OCC)c1. The lowest BCUT2D eigenvalue weighted by atomic mass is 9.88. The van der Waals surface area contributed by atoms with E-state index in [1.165, 1.54) is 0 Å². The lowest BCUT2D eigenvalue weighted by molar-refractivity contribution is 0.0363. The van der Waals surface area contributed by atoms with Crippen molar-refractivity contribution in [3.8, 4) is 11.5 Å². The molecule has 0 saturated carbocycles. The number of ether oxygens (including phenoxy) is 2. The first-order chi connectivity index (χ1) is 10.1. The molecule has 0 amide bonds. The van der Waals surface area contributed by atoms with Crippen LogP contribution in [0.15, 0.2) is 18.2 Å². The van der Waals surface area contributed by atoms with Crippen LogP contribution in [0.5, 0.6) is 11.5 Å². The fraction of sp³-hybridized carbons (Fsp3) is 0.647. The molecule has 4 nitrogen and oxygen atoms in total. The monoisotopic (exact) mass is 293 g/mol. The van der Waals surface area contributed by atoms with Crippen LogP contribution >= 0.6 is 0 Å². The second-order valence-corrected chi connectivity index (χ2v) is 5.72. The summed E-state index contributed by atoms with van der Waals surface area (Å²) in [4.78, 5) is 2.28. The highest BCUT2D eigenvalue weighted by atomic mass is 16.5. The van der Waals surface area contributed by atoms with Gasteiger partial charge in [-0.15, -0.1) is 0 Å². The van der Waals surface area contributed by atoms with Gasteiger partial charge in [-0.3, -0.25) is 0 Å². The van der Waals surface area contributed by atoms with Gasteiger partial charge in [-0.25, -0.2) is 0 Å². The van der Waals surface area contributed by atoms with Crippen molar-refractivity contribution < 1.29 is 14.6 Å². The number of benzene rings is 1. The molecule has 1 aliphatic heterocycles. The van der Waals surface area contributed by atoms with Crippen molar-refractivity contribution in [3.05, 3.63) is 23.8 Å². The summed E-state index contributed by atoms with van der Waals surface area (Å²) in [5, 5.41) is 10.2. The maximum Gasteiger partial charge on any atom is 0.126 e. The molecule has 0 aliphatic carbocycles. The van der Waals surface area contributed by atoms with Crippen LogP contribution in [0.4, 0.5) is 0 Å². The van der Waals surface area contributed by atoms with Gasteiger partial charge in [0.2, 0.25) is 0 Å². The molecule has 0 spiro atoms. The lowest BCUT2D eigenvalue weighted by Gasteiger charge is -2.34. The number of likely N-dealkylation sites (tertiary alicyclic amines) is 1. The minimum atomic E-state index is -0.220. The summed E-state index contributed by atoms with van der Waals surface area (Å²) in [6.07, 6.45) is 1.47. The number of hydrogen-bond acceptors (Lipinski definition) is 4. The van der Waals surface area contributed by atoms with E-state index in [4.69, 9.17) is 9.47 Å². The number of aliphatic hydroxyl groups is 1. The van der Waals surface area contributed by atoms with Crippen molar-refractivity contribution in [2.75, 3.05) is 33.4 Å². The van der Waals surface area contributed by atoms with E-state index in [9.17, 15) is 5.11 Å². The standard InChI is InChI=1S/C17H27NO3/c1-4-20-15-7-6-13(17(11-15)21-5-2)10-14-12-18(3)9-8-16(14)19/h6-7,11,14,16,19H,4-5,8-10,12H2,1-3H3. The van der Waals surface area contributed by atoms with Gasteiger partial charge >= 0.3 is 0 Å². The average molecular weight is 293 g/mol. The molecular formula is C17H27NO3. The van der Waals surface area contributed by atoms with Crippen molar-refractivity contribution >= 4 is 0 Å². The smallest absolute Gasteiger partial charge is 0.126 e. The van der Waals surface area contributed by atoms with Crippen LogP contribution in [0.25, 0.3) is 0 Å². The maximum absolute atomic E-state index is 10.2. The number of rotatable bonds is 6. The van der Waals surface area contributed by atoms with Crippen LogP contribution < -0.4 is 9.47 Å². The van der Waals surface area contributed by atoms with E-state index in [-0.39, 0.29) is 12.0 Å². The summed E-state index contributed by atoms with van der Waals surface area (Å²) in [6.45, 7) is 7.15. The summed E-state index contributed by atoms with van der Waals surface area (Å²) in [5.41, 5.74) is 1.15. The van der Waals surface area contributed by atoms with Crippen LogP contribution in [0, 0.1) is 5.92 Å². The summed E-state index contributed by atoms with van der Waals surface area (Å²) in [7, 11) is 2.11. The fourth-order valence-corrected chi connectivity index (χ4v) is 2.93. The van der Waals surface area contributed by atoms with Crippen LogP contribution in [0.3, 0.4) is 0 Å². The Kier molecular flexibility index (Phi) is 5.88. The van der Waals surface area contributed by atoms with Gasteiger partial charge in [-0.2, -0.15) is 0 Å². The molecule has 1 saturated heterocycles. The molecule has 1 N–H and O–H groups in total. The van der Waals surface area contributed by atoms with Gasteiger partial charge in [0, 0.05) is 25.1 Å². The molecule has 1 fully saturated rings. The van der Waals surface area contributed by atoms with E-state index in [0.29, 0.717) is 13.2 Å². The molecule has 0 aromatic heterocycles. The molecule has 1 aliphatic rings. The lowest BCUT2D eigenvalue weighted by Crippen LogP contribution is -2.42. The molecule has 2 unspecified atom stereocenters. The molecule has 118 valence electrons. The average Bonchev–Trinajstić information content (AvgIpc) is 2.46. The van der Waals surface area contributed by atoms with Gasteiger partial charge in [0.25, 0.3) is 0 Å². The molecule has 2 atom stereocenters. The molecular weight excluding hydrogens is 266 g/mol. The topological polar surface area (TPSA) is 41.9 Å². The largest absolute Gasteiger partial charge is 0.494 e. The second kappa shape index (κ2) is 7.66. The maximum atomic E-state index is 10.2. The van der Waals surface area contributed by atoms with Gasteiger partial charge in [-0.05, 0) is 45.4 Å². The highest BCUT2D eigenvalue weighted by Gasteiger charge is 2.27. The van der Waals surface area contributed by atoms with Crippen LogP contribution in [-0.2, 0) is 6.42 Å². The predicted octanol–water partition coefficient (Wildman–Crippen LogP) is 2.34. The minimum Gasteiger partial charge on any atom is -0.494 e. The third-order valence-electron chi connectivity index (χ3n) is 4.03. The van der Waals surface area contributed by atoms with E-state index >= 15 is 0 Å². The zero-order chi connectivity index (χ0) is 15.2. The zero-order valence-corrected chi connectivity index (χ0v) is 13.3. The number of hydrogen-bond donors (Lipinski definition) is 1. The summed E-state index contributed by atoms with van der Waals surface area (Å²) in [5.74, 6) is 1.98. The molecule has 21 heavy (non-hydrogen) atoms. The Morgan fingerprint density at radius 3 is 2.71 bits per heavy atom. The first-order valence-corrected chi connectivity index (χ1v) is 7.89.